The van der Waals surface area contributed by atoms with E-state index in [-0.39, 0.29) is 5.12 Å². The van der Waals surface area contributed by atoms with Gasteiger partial charge >= 0.3 is 0 Å². The van der Waals surface area contributed by atoms with Crippen LogP contribution in [0.1, 0.15) is 30.0 Å². The van der Waals surface area contributed by atoms with Crippen molar-refractivity contribution in [1.82, 2.24) is 0 Å². The largest absolute Gasteiger partial charge is 0.288 e. The van der Waals surface area contributed by atoms with Gasteiger partial charge in [0, 0.05) is 12.7 Å². The van der Waals surface area contributed by atoms with E-state index in [1.165, 1.54) is 11.8 Å². The molecule has 0 radical (unpaired) electrons. The SMILES string of the molecule is CC(=O)SCCC=Cc1ccc(C#N)cc1C. The number of allylic oxidation sites excluding steroid dienone is 1. The fourth-order valence-corrected chi connectivity index (χ4v) is 1.95. The molecule has 0 N–H and O–H groups in total. The van der Waals surface area contributed by atoms with Crippen LogP contribution in [0, 0.1) is 18.3 Å². The first-order valence-corrected chi connectivity index (χ1v) is 6.42. The van der Waals surface area contributed by atoms with E-state index in [9.17, 15) is 4.79 Å². The van der Waals surface area contributed by atoms with Crippen LogP contribution in [-0.4, -0.2) is 10.9 Å². The molecule has 17 heavy (non-hydrogen) atoms. The third kappa shape index (κ3) is 4.88. The predicted octanol–water partition coefficient (Wildman–Crippen LogP) is 3.55. The van der Waals surface area contributed by atoms with Crippen LogP contribution >= 0.6 is 11.8 Å². The summed E-state index contributed by atoms with van der Waals surface area (Å²) < 4.78 is 0. The van der Waals surface area contributed by atoms with E-state index in [1.54, 1.807) is 6.92 Å². The van der Waals surface area contributed by atoms with Crippen molar-refractivity contribution in [3.8, 4) is 6.07 Å². The molecular formula is C14H15NOS. The van der Waals surface area contributed by atoms with Crippen LogP contribution in [0.15, 0.2) is 24.3 Å². The summed E-state index contributed by atoms with van der Waals surface area (Å²) in [6, 6.07) is 7.76. The third-order valence-electron chi connectivity index (χ3n) is 2.29. The van der Waals surface area contributed by atoms with E-state index < -0.39 is 0 Å². The lowest BCUT2D eigenvalue weighted by Crippen LogP contribution is -1.85. The number of benzene rings is 1. The van der Waals surface area contributed by atoms with Gasteiger partial charge in [-0.05, 0) is 36.6 Å². The molecule has 0 fully saturated rings. The lowest BCUT2D eigenvalue weighted by Gasteiger charge is -2.00. The molecule has 0 amide bonds. The van der Waals surface area contributed by atoms with Crippen molar-refractivity contribution in [3.63, 3.8) is 0 Å². The van der Waals surface area contributed by atoms with E-state index in [2.05, 4.69) is 12.1 Å². The van der Waals surface area contributed by atoms with Gasteiger partial charge in [0.15, 0.2) is 5.12 Å². The maximum Gasteiger partial charge on any atom is 0.185 e. The molecule has 0 aliphatic heterocycles. The van der Waals surface area contributed by atoms with Crippen LogP contribution in [-0.2, 0) is 4.79 Å². The second-order valence-corrected chi connectivity index (χ2v) is 4.99. The summed E-state index contributed by atoms with van der Waals surface area (Å²) in [7, 11) is 0. The highest BCUT2D eigenvalue weighted by Gasteiger charge is 1.96. The number of rotatable bonds is 4. The maximum absolute atomic E-state index is 10.7. The summed E-state index contributed by atoms with van der Waals surface area (Å²) >= 11 is 1.34. The van der Waals surface area contributed by atoms with Crippen molar-refractivity contribution < 1.29 is 4.79 Å². The maximum atomic E-state index is 10.7. The number of nitrogens with zero attached hydrogens (tertiary/aromatic N) is 1. The minimum absolute atomic E-state index is 0.160. The molecule has 0 aliphatic carbocycles. The zero-order valence-corrected chi connectivity index (χ0v) is 10.9. The summed E-state index contributed by atoms with van der Waals surface area (Å²) in [5.41, 5.74) is 2.91. The first-order valence-electron chi connectivity index (χ1n) is 5.44. The molecule has 2 nitrogen and oxygen atoms in total. The van der Waals surface area contributed by atoms with Gasteiger partial charge in [0.05, 0.1) is 11.6 Å². The molecule has 1 aromatic rings. The Kier molecular flexibility index (Phi) is 5.51. The lowest BCUT2D eigenvalue weighted by atomic mass is 10.1. The number of hydrogen-bond donors (Lipinski definition) is 0. The number of hydrogen-bond acceptors (Lipinski definition) is 3. The van der Waals surface area contributed by atoms with Crippen molar-refractivity contribution in [2.24, 2.45) is 0 Å². The first-order chi connectivity index (χ1) is 8.13. The number of nitriles is 1. The predicted molar refractivity (Wildman–Crippen MR) is 72.7 cm³/mol. The van der Waals surface area contributed by atoms with E-state index in [4.69, 9.17) is 5.26 Å². The summed E-state index contributed by atoms with van der Waals surface area (Å²) in [5.74, 6) is 0.821. The van der Waals surface area contributed by atoms with Crippen LogP contribution < -0.4 is 0 Å². The smallest absolute Gasteiger partial charge is 0.185 e. The van der Waals surface area contributed by atoms with E-state index in [0.717, 1.165) is 23.3 Å². The Morgan fingerprint density at radius 2 is 2.29 bits per heavy atom. The Labute approximate surface area is 106 Å². The van der Waals surface area contributed by atoms with Crippen LogP contribution in [0.2, 0.25) is 0 Å². The van der Waals surface area contributed by atoms with Gasteiger partial charge in [-0.2, -0.15) is 5.26 Å². The average molecular weight is 245 g/mol. The number of carbonyl (C=O) groups excluding carboxylic acids is 1. The number of carbonyl (C=O) groups is 1. The Bertz CT molecular complexity index is 472. The van der Waals surface area contributed by atoms with E-state index >= 15 is 0 Å². The molecule has 0 atom stereocenters. The van der Waals surface area contributed by atoms with E-state index in [0.29, 0.717) is 5.56 Å². The molecule has 0 aliphatic rings. The van der Waals surface area contributed by atoms with Gasteiger partial charge in [0.25, 0.3) is 0 Å². The normalized spacial score (nSPS) is 10.4. The second kappa shape index (κ2) is 6.93. The molecule has 88 valence electrons. The number of aryl methyl sites for hydroxylation is 1. The van der Waals surface area contributed by atoms with Crippen molar-refractivity contribution in [3.05, 3.63) is 41.0 Å². The molecule has 3 heteroatoms. The monoisotopic (exact) mass is 245 g/mol. The Morgan fingerprint density at radius 3 is 2.88 bits per heavy atom. The van der Waals surface area contributed by atoms with E-state index in [1.807, 2.05) is 31.2 Å². The molecule has 0 aromatic heterocycles. The summed E-state index contributed by atoms with van der Waals surface area (Å²) in [5, 5.41) is 8.91. The van der Waals surface area contributed by atoms with Gasteiger partial charge in [0.2, 0.25) is 0 Å². The lowest BCUT2D eigenvalue weighted by molar-refractivity contribution is -0.109. The quantitative estimate of drug-likeness (QED) is 0.762. The summed E-state index contributed by atoms with van der Waals surface area (Å²) in [6.07, 6.45) is 4.98. The molecule has 0 heterocycles. The molecule has 0 bridgehead atoms. The Morgan fingerprint density at radius 1 is 1.53 bits per heavy atom. The summed E-state index contributed by atoms with van der Waals surface area (Å²) in [6.45, 7) is 3.57. The summed E-state index contributed by atoms with van der Waals surface area (Å²) in [4.78, 5) is 10.7. The first kappa shape index (κ1) is 13.5. The molecule has 1 rings (SSSR count). The van der Waals surface area contributed by atoms with Gasteiger partial charge in [-0.15, -0.1) is 0 Å². The highest BCUT2D eigenvalue weighted by Crippen LogP contribution is 2.13. The average Bonchev–Trinajstić information content (AvgIpc) is 2.30. The molecule has 0 spiro atoms. The van der Waals surface area contributed by atoms with Crippen LogP contribution in [0.4, 0.5) is 0 Å². The molecule has 0 saturated heterocycles. The highest BCUT2D eigenvalue weighted by molar-refractivity contribution is 8.13. The third-order valence-corrected chi connectivity index (χ3v) is 3.13. The minimum Gasteiger partial charge on any atom is -0.288 e. The molecule has 0 unspecified atom stereocenters. The van der Waals surface area contributed by atoms with Crippen molar-refractivity contribution >= 4 is 23.0 Å². The van der Waals surface area contributed by atoms with Crippen molar-refractivity contribution in [1.29, 1.82) is 5.26 Å². The van der Waals surface area contributed by atoms with Crippen molar-refractivity contribution in [2.75, 3.05) is 5.75 Å². The van der Waals surface area contributed by atoms with Gasteiger partial charge in [-0.1, -0.05) is 30.0 Å². The Balaban J connectivity index is 2.54. The zero-order chi connectivity index (χ0) is 12.7. The fourth-order valence-electron chi connectivity index (χ4n) is 1.41. The van der Waals surface area contributed by atoms with Gasteiger partial charge in [-0.25, -0.2) is 0 Å². The molecule has 0 saturated carbocycles. The highest BCUT2D eigenvalue weighted by atomic mass is 32.2. The zero-order valence-electron chi connectivity index (χ0n) is 10.1. The van der Waals surface area contributed by atoms with Gasteiger partial charge in [-0.3, -0.25) is 4.79 Å². The Hall–Kier alpha value is -1.53. The van der Waals surface area contributed by atoms with Gasteiger partial charge in [0.1, 0.15) is 0 Å². The van der Waals surface area contributed by atoms with Crippen LogP contribution in [0.5, 0.6) is 0 Å². The molecular weight excluding hydrogens is 230 g/mol. The van der Waals surface area contributed by atoms with Gasteiger partial charge < -0.3 is 0 Å². The van der Waals surface area contributed by atoms with Crippen LogP contribution in [0.3, 0.4) is 0 Å². The van der Waals surface area contributed by atoms with Crippen LogP contribution in [0.25, 0.3) is 6.08 Å². The standard InChI is InChI=1S/C14H15NOS/c1-11-9-13(10-15)6-7-14(11)5-3-4-8-17-12(2)16/h3,5-7,9H,4,8H2,1-2H3. The topological polar surface area (TPSA) is 40.9 Å². The molecule has 1 aromatic carbocycles. The number of thioether (sulfide) groups is 1. The minimum atomic E-state index is 0.160. The van der Waals surface area contributed by atoms with Crippen molar-refractivity contribution in [2.45, 2.75) is 20.3 Å². The fraction of sp³-hybridized carbons (Fsp3) is 0.286. The second-order valence-electron chi connectivity index (χ2n) is 3.71.